The lowest BCUT2D eigenvalue weighted by molar-refractivity contribution is -0.116. The van der Waals surface area contributed by atoms with Crippen molar-refractivity contribution >= 4 is 23.2 Å². The standard InChI is InChI=1S/C9H9N9OS/c19-8(11-9-12-15-16-13-9)3-7(6-1-2-20-4-6)18-5-10-14-17-18/h1-2,4-5,7H,3H2,(H2,11,12,13,15,16,19)/t7-/m0/s1. The maximum Gasteiger partial charge on any atom is 0.269 e. The van der Waals surface area contributed by atoms with E-state index in [0.29, 0.717) is 0 Å². The number of H-pyrrole nitrogens is 1. The van der Waals surface area contributed by atoms with Gasteiger partial charge in [0.1, 0.15) is 6.33 Å². The number of anilines is 1. The van der Waals surface area contributed by atoms with E-state index < -0.39 is 0 Å². The number of hydrogen-bond acceptors (Lipinski definition) is 8. The molecule has 3 rings (SSSR count). The molecule has 3 aromatic rings. The number of hydrogen-bond donors (Lipinski definition) is 2. The number of rotatable bonds is 5. The lowest BCUT2D eigenvalue weighted by Gasteiger charge is -2.14. The average molecular weight is 291 g/mol. The van der Waals surface area contributed by atoms with Crippen molar-refractivity contribution in [1.29, 1.82) is 0 Å². The maximum atomic E-state index is 12.0. The highest BCUT2D eigenvalue weighted by molar-refractivity contribution is 7.07. The van der Waals surface area contributed by atoms with Crippen LogP contribution in [0.2, 0.25) is 0 Å². The Bertz CT molecular complexity index is 613. The van der Waals surface area contributed by atoms with E-state index in [1.54, 1.807) is 11.3 Å². The molecule has 0 spiro atoms. The first kappa shape index (κ1) is 12.3. The molecule has 1 atom stereocenters. The van der Waals surface area contributed by atoms with Gasteiger partial charge in [-0.15, -0.1) is 10.2 Å². The summed E-state index contributed by atoms with van der Waals surface area (Å²) >= 11 is 1.54. The van der Waals surface area contributed by atoms with Crippen LogP contribution in [0.3, 0.4) is 0 Å². The fourth-order valence-electron chi connectivity index (χ4n) is 1.71. The van der Waals surface area contributed by atoms with E-state index in [1.165, 1.54) is 11.0 Å². The van der Waals surface area contributed by atoms with Crippen LogP contribution < -0.4 is 5.32 Å². The van der Waals surface area contributed by atoms with E-state index >= 15 is 0 Å². The second-order valence-corrected chi connectivity index (χ2v) is 4.63. The molecule has 3 aromatic heterocycles. The van der Waals surface area contributed by atoms with Crippen LogP contribution in [0, 0.1) is 0 Å². The summed E-state index contributed by atoms with van der Waals surface area (Å²) in [5.74, 6) is -0.117. The number of amides is 1. The fourth-order valence-corrected chi connectivity index (χ4v) is 2.41. The molecule has 0 saturated carbocycles. The maximum absolute atomic E-state index is 12.0. The van der Waals surface area contributed by atoms with Crippen molar-refractivity contribution < 1.29 is 4.79 Å². The first-order valence-electron chi connectivity index (χ1n) is 5.61. The number of carbonyl (C=O) groups is 1. The molecule has 20 heavy (non-hydrogen) atoms. The molecule has 0 unspecified atom stereocenters. The minimum atomic E-state index is -0.275. The molecule has 3 heterocycles. The van der Waals surface area contributed by atoms with Crippen LogP contribution in [0.5, 0.6) is 0 Å². The van der Waals surface area contributed by atoms with Gasteiger partial charge in [0.25, 0.3) is 5.95 Å². The topological polar surface area (TPSA) is 127 Å². The molecule has 1 amide bonds. The summed E-state index contributed by atoms with van der Waals surface area (Å²) in [6, 6.07) is 1.65. The molecule has 11 heteroatoms. The molecule has 0 aliphatic rings. The minimum Gasteiger partial charge on any atom is -0.292 e. The van der Waals surface area contributed by atoms with E-state index in [4.69, 9.17) is 0 Å². The third kappa shape index (κ3) is 2.66. The lowest BCUT2D eigenvalue weighted by Crippen LogP contribution is -2.21. The van der Waals surface area contributed by atoms with Gasteiger partial charge in [-0.25, -0.2) is 4.68 Å². The Morgan fingerprint density at radius 1 is 1.55 bits per heavy atom. The van der Waals surface area contributed by atoms with Gasteiger partial charge in [0.2, 0.25) is 5.91 Å². The normalized spacial score (nSPS) is 12.2. The Morgan fingerprint density at radius 2 is 2.50 bits per heavy atom. The van der Waals surface area contributed by atoms with Gasteiger partial charge in [-0.05, 0) is 38.0 Å². The van der Waals surface area contributed by atoms with Gasteiger partial charge < -0.3 is 0 Å². The van der Waals surface area contributed by atoms with E-state index in [0.717, 1.165) is 5.56 Å². The Morgan fingerprint density at radius 3 is 3.15 bits per heavy atom. The van der Waals surface area contributed by atoms with Crippen molar-refractivity contribution in [3.63, 3.8) is 0 Å². The van der Waals surface area contributed by atoms with Crippen LogP contribution >= 0.6 is 11.3 Å². The number of aromatic amines is 1. The monoisotopic (exact) mass is 291 g/mol. The van der Waals surface area contributed by atoms with Crippen LogP contribution in [0.25, 0.3) is 0 Å². The number of thiophene rings is 1. The summed E-state index contributed by atoms with van der Waals surface area (Å²) in [6.07, 6.45) is 1.64. The summed E-state index contributed by atoms with van der Waals surface area (Å²) in [5, 5.41) is 30.4. The molecule has 0 saturated heterocycles. The third-order valence-corrected chi connectivity index (χ3v) is 3.29. The van der Waals surface area contributed by atoms with Crippen LogP contribution in [0.15, 0.2) is 23.2 Å². The molecule has 0 radical (unpaired) electrons. The van der Waals surface area contributed by atoms with E-state index in [9.17, 15) is 4.79 Å². The third-order valence-electron chi connectivity index (χ3n) is 2.59. The summed E-state index contributed by atoms with van der Waals surface area (Å²) < 4.78 is 1.54. The van der Waals surface area contributed by atoms with Gasteiger partial charge in [0, 0.05) is 0 Å². The molecule has 2 N–H and O–H groups in total. The van der Waals surface area contributed by atoms with Gasteiger partial charge in [0.05, 0.1) is 12.5 Å². The minimum absolute atomic E-state index is 0.135. The number of aromatic nitrogens is 8. The average Bonchev–Trinajstić information content (AvgIpc) is 3.18. The molecule has 0 aromatic carbocycles. The van der Waals surface area contributed by atoms with Crippen molar-refractivity contribution in [2.45, 2.75) is 12.5 Å². The largest absolute Gasteiger partial charge is 0.292 e. The molecule has 0 fully saturated rings. The molecular weight excluding hydrogens is 282 g/mol. The summed E-state index contributed by atoms with van der Waals surface area (Å²) in [6.45, 7) is 0. The second-order valence-electron chi connectivity index (χ2n) is 3.85. The van der Waals surface area contributed by atoms with E-state index in [1.807, 2.05) is 16.8 Å². The molecule has 102 valence electrons. The summed E-state index contributed by atoms with van der Waals surface area (Å²) in [4.78, 5) is 12.0. The zero-order valence-corrected chi connectivity index (χ0v) is 10.9. The highest BCUT2D eigenvalue weighted by Gasteiger charge is 2.20. The van der Waals surface area contributed by atoms with Crippen molar-refractivity contribution in [1.82, 2.24) is 40.8 Å². The fraction of sp³-hybridized carbons (Fsp3) is 0.222. The van der Waals surface area contributed by atoms with Crippen LogP contribution in [0.4, 0.5) is 5.95 Å². The number of nitrogens with zero attached hydrogens (tertiary/aromatic N) is 7. The molecular formula is C9H9N9OS. The first-order valence-corrected chi connectivity index (χ1v) is 6.55. The highest BCUT2D eigenvalue weighted by atomic mass is 32.1. The smallest absolute Gasteiger partial charge is 0.269 e. The van der Waals surface area contributed by atoms with Crippen molar-refractivity contribution in [2.24, 2.45) is 0 Å². The second kappa shape index (κ2) is 5.52. The van der Waals surface area contributed by atoms with Gasteiger partial charge >= 0.3 is 0 Å². The van der Waals surface area contributed by atoms with Gasteiger partial charge in [0.15, 0.2) is 0 Å². The predicted octanol–water partition coefficient (Wildman–Crippen LogP) is -0.134. The van der Waals surface area contributed by atoms with Crippen molar-refractivity contribution in [2.75, 3.05) is 5.32 Å². The Hall–Kier alpha value is -2.69. The zero-order chi connectivity index (χ0) is 13.8. The summed E-state index contributed by atoms with van der Waals surface area (Å²) in [5.41, 5.74) is 0.963. The SMILES string of the molecule is O=C(C[C@@H](c1ccsc1)n1cnnn1)Nc1nn[nH]n1. The summed E-state index contributed by atoms with van der Waals surface area (Å²) in [7, 11) is 0. The van der Waals surface area contributed by atoms with E-state index in [-0.39, 0.29) is 24.3 Å². The Labute approximate surface area is 116 Å². The van der Waals surface area contributed by atoms with Crippen LogP contribution in [0.1, 0.15) is 18.0 Å². The molecule has 0 aliphatic heterocycles. The quantitative estimate of drug-likeness (QED) is 0.670. The van der Waals surface area contributed by atoms with Crippen LogP contribution in [-0.2, 0) is 4.79 Å². The van der Waals surface area contributed by atoms with Gasteiger partial charge in [-0.2, -0.15) is 16.6 Å². The molecule has 0 aliphatic carbocycles. The Kier molecular flexibility index (Phi) is 3.41. The Balaban J connectivity index is 1.75. The molecule has 10 nitrogen and oxygen atoms in total. The number of tetrazole rings is 2. The van der Waals surface area contributed by atoms with Gasteiger partial charge in [-0.3, -0.25) is 10.1 Å². The van der Waals surface area contributed by atoms with Crippen molar-refractivity contribution in [3.05, 3.63) is 28.7 Å². The van der Waals surface area contributed by atoms with Gasteiger partial charge in [-0.1, -0.05) is 5.10 Å². The van der Waals surface area contributed by atoms with E-state index in [2.05, 4.69) is 41.5 Å². The number of carbonyl (C=O) groups excluding carboxylic acids is 1. The zero-order valence-electron chi connectivity index (χ0n) is 10.0. The predicted molar refractivity (Wildman–Crippen MR) is 67.7 cm³/mol. The van der Waals surface area contributed by atoms with Crippen molar-refractivity contribution in [3.8, 4) is 0 Å². The first-order chi connectivity index (χ1) is 9.83. The van der Waals surface area contributed by atoms with Crippen LogP contribution in [-0.4, -0.2) is 46.7 Å². The number of nitrogens with one attached hydrogen (secondary N) is 2. The lowest BCUT2D eigenvalue weighted by atomic mass is 10.1. The highest BCUT2D eigenvalue weighted by Crippen LogP contribution is 2.23. The molecule has 0 bridgehead atoms.